The van der Waals surface area contributed by atoms with Crippen molar-refractivity contribution < 1.29 is 9.18 Å². The fraction of sp³-hybridized carbons (Fsp3) is 0.450. The van der Waals surface area contributed by atoms with Gasteiger partial charge in [0.15, 0.2) is 0 Å². The number of piperazine rings is 1. The van der Waals surface area contributed by atoms with Crippen LogP contribution in [0, 0.1) is 5.82 Å². The Balaban J connectivity index is 1.38. The molecule has 2 heterocycles. The molecule has 0 unspecified atom stereocenters. The summed E-state index contributed by atoms with van der Waals surface area (Å²) in [6.45, 7) is 2.52. The SMILES string of the molecule is O=C(Cn1nc2c(cc1=O)CCCC2)N1CCN(c2ccc(F)cc2)CC1. The summed E-state index contributed by atoms with van der Waals surface area (Å²) in [6, 6.07) is 8.04. The summed E-state index contributed by atoms with van der Waals surface area (Å²) in [7, 11) is 0. The third-order valence-corrected chi connectivity index (χ3v) is 5.38. The Bertz CT molecular complexity index is 886. The monoisotopic (exact) mass is 370 g/mol. The maximum Gasteiger partial charge on any atom is 0.267 e. The van der Waals surface area contributed by atoms with Gasteiger partial charge in [0, 0.05) is 37.9 Å². The van der Waals surface area contributed by atoms with Crippen LogP contribution in [0.25, 0.3) is 0 Å². The molecule has 7 heteroatoms. The summed E-state index contributed by atoms with van der Waals surface area (Å²) in [6.07, 6.45) is 3.95. The third-order valence-electron chi connectivity index (χ3n) is 5.38. The van der Waals surface area contributed by atoms with Gasteiger partial charge in [0.2, 0.25) is 5.91 Å². The number of aryl methyl sites for hydroxylation is 2. The number of hydrogen-bond acceptors (Lipinski definition) is 4. The fourth-order valence-electron chi connectivity index (χ4n) is 3.81. The van der Waals surface area contributed by atoms with Crippen LogP contribution in [-0.4, -0.2) is 46.8 Å². The first-order chi connectivity index (χ1) is 13.1. The lowest BCUT2D eigenvalue weighted by molar-refractivity contribution is -0.132. The van der Waals surface area contributed by atoms with Crippen LogP contribution in [0.1, 0.15) is 24.1 Å². The van der Waals surface area contributed by atoms with E-state index in [1.54, 1.807) is 23.1 Å². The van der Waals surface area contributed by atoms with E-state index in [1.807, 2.05) is 0 Å². The number of rotatable bonds is 3. The van der Waals surface area contributed by atoms with E-state index in [1.165, 1.54) is 16.8 Å². The Morgan fingerprint density at radius 2 is 1.74 bits per heavy atom. The molecular formula is C20H23FN4O2. The molecule has 0 atom stereocenters. The Kier molecular flexibility index (Phi) is 4.92. The highest BCUT2D eigenvalue weighted by atomic mass is 19.1. The van der Waals surface area contributed by atoms with Crippen LogP contribution < -0.4 is 10.5 Å². The normalized spacial score (nSPS) is 16.9. The number of carbonyl (C=O) groups excluding carboxylic acids is 1. The maximum atomic E-state index is 13.1. The van der Waals surface area contributed by atoms with Gasteiger partial charge >= 0.3 is 0 Å². The standard InChI is InChI=1S/C20H23FN4O2/c21-16-5-7-17(8-6-16)23-9-11-24(12-10-23)20(27)14-25-19(26)13-15-3-1-2-4-18(15)22-25/h5-8,13H,1-4,9-12,14H2. The minimum Gasteiger partial charge on any atom is -0.368 e. The number of hydrogen-bond donors (Lipinski definition) is 0. The molecule has 0 spiro atoms. The number of benzene rings is 1. The molecule has 4 rings (SSSR count). The van der Waals surface area contributed by atoms with Crippen LogP contribution in [-0.2, 0) is 24.2 Å². The predicted octanol–water partition coefficient (Wildman–Crippen LogP) is 1.61. The zero-order valence-electron chi connectivity index (χ0n) is 15.2. The number of amides is 1. The molecule has 1 fully saturated rings. The molecule has 6 nitrogen and oxygen atoms in total. The van der Waals surface area contributed by atoms with Crippen molar-refractivity contribution in [2.24, 2.45) is 0 Å². The lowest BCUT2D eigenvalue weighted by atomic mass is 9.97. The highest BCUT2D eigenvalue weighted by molar-refractivity contribution is 5.76. The van der Waals surface area contributed by atoms with Crippen molar-refractivity contribution in [2.75, 3.05) is 31.1 Å². The van der Waals surface area contributed by atoms with Crippen molar-refractivity contribution in [1.82, 2.24) is 14.7 Å². The van der Waals surface area contributed by atoms with Crippen molar-refractivity contribution in [3.05, 3.63) is 57.8 Å². The molecule has 1 aliphatic carbocycles. The average molecular weight is 370 g/mol. The van der Waals surface area contributed by atoms with Crippen molar-refractivity contribution in [3.63, 3.8) is 0 Å². The third kappa shape index (κ3) is 3.86. The van der Waals surface area contributed by atoms with E-state index in [0.717, 1.165) is 42.6 Å². The minimum atomic E-state index is -0.254. The highest BCUT2D eigenvalue weighted by Crippen LogP contribution is 2.18. The molecule has 0 radical (unpaired) electrons. The number of aromatic nitrogens is 2. The number of halogens is 1. The Morgan fingerprint density at radius 3 is 2.48 bits per heavy atom. The van der Waals surface area contributed by atoms with E-state index in [-0.39, 0.29) is 23.8 Å². The lowest BCUT2D eigenvalue weighted by Crippen LogP contribution is -2.50. The Labute approximate surface area is 157 Å². The highest BCUT2D eigenvalue weighted by Gasteiger charge is 2.23. The fourth-order valence-corrected chi connectivity index (χ4v) is 3.81. The summed E-state index contributed by atoms with van der Waals surface area (Å²) in [5.74, 6) is -0.338. The van der Waals surface area contributed by atoms with E-state index >= 15 is 0 Å². The molecule has 2 aromatic rings. The van der Waals surface area contributed by atoms with E-state index in [9.17, 15) is 14.0 Å². The summed E-state index contributed by atoms with van der Waals surface area (Å²) in [5.41, 5.74) is 2.74. The first-order valence-corrected chi connectivity index (χ1v) is 9.48. The van der Waals surface area contributed by atoms with Crippen molar-refractivity contribution in [2.45, 2.75) is 32.2 Å². The van der Waals surface area contributed by atoms with Gasteiger partial charge in [0.25, 0.3) is 5.56 Å². The van der Waals surface area contributed by atoms with Crippen LogP contribution in [0.5, 0.6) is 0 Å². The number of carbonyl (C=O) groups is 1. The molecule has 0 N–H and O–H groups in total. The van der Waals surface area contributed by atoms with Crippen LogP contribution in [0.2, 0.25) is 0 Å². The zero-order valence-corrected chi connectivity index (χ0v) is 15.2. The molecule has 2 aliphatic rings. The summed E-state index contributed by atoms with van der Waals surface area (Å²) in [4.78, 5) is 28.8. The van der Waals surface area contributed by atoms with Gasteiger partial charge < -0.3 is 9.80 Å². The van der Waals surface area contributed by atoms with Crippen molar-refractivity contribution >= 4 is 11.6 Å². The van der Waals surface area contributed by atoms with Gasteiger partial charge in [0.1, 0.15) is 12.4 Å². The molecule has 1 amide bonds. The largest absolute Gasteiger partial charge is 0.368 e. The van der Waals surface area contributed by atoms with Crippen molar-refractivity contribution in [3.8, 4) is 0 Å². The summed E-state index contributed by atoms with van der Waals surface area (Å²) >= 11 is 0. The van der Waals surface area contributed by atoms with Gasteiger partial charge in [-0.1, -0.05) is 0 Å². The summed E-state index contributed by atoms with van der Waals surface area (Å²) < 4.78 is 14.4. The minimum absolute atomic E-state index is 0.0112. The second-order valence-corrected chi connectivity index (χ2v) is 7.16. The smallest absolute Gasteiger partial charge is 0.267 e. The van der Waals surface area contributed by atoms with Gasteiger partial charge in [-0.3, -0.25) is 9.59 Å². The second-order valence-electron chi connectivity index (χ2n) is 7.16. The Hall–Kier alpha value is -2.70. The molecule has 1 aliphatic heterocycles. The Morgan fingerprint density at radius 1 is 1.04 bits per heavy atom. The molecule has 1 saturated heterocycles. The van der Waals surface area contributed by atoms with Gasteiger partial charge in [-0.2, -0.15) is 5.10 Å². The van der Waals surface area contributed by atoms with Gasteiger partial charge in [-0.05, 0) is 55.5 Å². The number of anilines is 1. The molecule has 1 aromatic heterocycles. The van der Waals surface area contributed by atoms with Crippen LogP contribution >= 0.6 is 0 Å². The first kappa shape index (κ1) is 17.7. The van der Waals surface area contributed by atoms with Gasteiger partial charge in [-0.25, -0.2) is 9.07 Å². The predicted molar refractivity (Wildman–Crippen MR) is 100 cm³/mol. The molecule has 1 aromatic carbocycles. The topological polar surface area (TPSA) is 58.4 Å². The zero-order chi connectivity index (χ0) is 18.8. The molecule has 27 heavy (non-hydrogen) atoms. The number of fused-ring (bicyclic) bond motifs is 1. The quantitative estimate of drug-likeness (QED) is 0.824. The molecular weight excluding hydrogens is 347 g/mol. The lowest BCUT2D eigenvalue weighted by Gasteiger charge is -2.36. The second kappa shape index (κ2) is 7.50. The molecule has 142 valence electrons. The van der Waals surface area contributed by atoms with Crippen LogP contribution in [0.15, 0.2) is 35.1 Å². The summed E-state index contributed by atoms with van der Waals surface area (Å²) in [5, 5.41) is 4.43. The van der Waals surface area contributed by atoms with Gasteiger partial charge in [-0.15, -0.1) is 0 Å². The first-order valence-electron chi connectivity index (χ1n) is 9.48. The number of nitrogens with zero attached hydrogens (tertiary/aromatic N) is 4. The van der Waals surface area contributed by atoms with Crippen LogP contribution in [0.3, 0.4) is 0 Å². The molecule has 0 saturated carbocycles. The molecule has 0 bridgehead atoms. The van der Waals surface area contributed by atoms with Crippen molar-refractivity contribution in [1.29, 1.82) is 0 Å². The van der Waals surface area contributed by atoms with Crippen LogP contribution in [0.4, 0.5) is 10.1 Å². The van der Waals surface area contributed by atoms with E-state index in [2.05, 4.69) is 10.00 Å². The maximum absolute atomic E-state index is 13.1. The average Bonchev–Trinajstić information content (AvgIpc) is 2.69. The van der Waals surface area contributed by atoms with E-state index < -0.39 is 0 Å². The van der Waals surface area contributed by atoms with E-state index in [0.29, 0.717) is 26.2 Å². The van der Waals surface area contributed by atoms with E-state index in [4.69, 9.17) is 0 Å². The van der Waals surface area contributed by atoms with Gasteiger partial charge in [0.05, 0.1) is 5.69 Å².